The Labute approximate surface area is 141 Å². The van der Waals surface area contributed by atoms with E-state index in [1.54, 1.807) is 0 Å². The van der Waals surface area contributed by atoms with Crippen LogP contribution < -0.4 is 20.1 Å². The molecule has 1 aliphatic carbocycles. The van der Waals surface area contributed by atoms with Crippen LogP contribution in [0.1, 0.15) is 37.1 Å². The fourth-order valence-corrected chi connectivity index (χ4v) is 3.26. The quantitative estimate of drug-likeness (QED) is 0.877. The third-order valence-corrected chi connectivity index (χ3v) is 4.46. The number of ether oxygens (including phenoxy) is 2. The van der Waals surface area contributed by atoms with Crippen LogP contribution in [-0.2, 0) is 6.54 Å². The molecule has 1 aliphatic heterocycles. The summed E-state index contributed by atoms with van der Waals surface area (Å²) in [5, 5.41) is 6.90. The first-order chi connectivity index (χ1) is 11.8. The Morgan fingerprint density at radius 3 is 2.71 bits per heavy atom. The number of fused-ring (bicyclic) bond motifs is 1. The molecule has 0 amide bonds. The zero-order valence-corrected chi connectivity index (χ0v) is 13.8. The molecule has 24 heavy (non-hydrogen) atoms. The maximum Gasteiger partial charge on any atom is 0.231 e. The highest BCUT2D eigenvalue weighted by Crippen LogP contribution is 2.32. The Morgan fingerprint density at radius 2 is 1.83 bits per heavy atom. The number of hydrogen-bond donors (Lipinski definition) is 2. The summed E-state index contributed by atoms with van der Waals surface area (Å²) < 4.78 is 10.8. The van der Waals surface area contributed by atoms with Crippen LogP contribution >= 0.6 is 0 Å². The minimum Gasteiger partial charge on any atom is -0.454 e. The van der Waals surface area contributed by atoms with E-state index in [2.05, 4.69) is 20.6 Å². The topological polar surface area (TPSA) is 68.3 Å². The lowest BCUT2D eigenvalue weighted by Gasteiger charge is -2.14. The summed E-state index contributed by atoms with van der Waals surface area (Å²) >= 11 is 0. The van der Waals surface area contributed by atoms with Gasteiger partial charge in [-0.15, -0.1) is 0 Å². The van der Waals surface area contributed by atoms with Gasteiger partial charge in [-0.25, -0.2) is 9.97 Å². The predicted octanol–water partition coefficient (Wildman–Crippen LogP) is 3.48. The van der Waals surface area contributed by atoms with E-state index in [1.807, 2.05) is 31.2 Å². The van der Waals surface area contributed by atoms with Gasteiger partial charge < -0.3 is 20.1 Å². The van der Waals surface area contributed by atoms with Gasteiger partial charge in [-0.2, -0.15) is 0 Å². The lowest BCUT2D eigenvalue weighted by Crippen LogP contribution is -2.16. The maximum atomic E-state index is 5.42. The van der Waals surface area contributed by atoms with Gasteiger partial charge in [0.25, 0.3) is 0 Å². The van der Waals surface area contributed by atoms with Gasteiger partial charge in [0.15, 0.2) is 11.5 Å². The first-order valence-corrected chi connectivity index (χ1v) is 8.51. The summed E-state index contributed by atoms with van der Waals surface area (Å²) in [6.45, 7) is 2.90. The molecule has 6 nitrogen and oxygen atoms in total. The lowest BCUT2D eigenvalue weighted by atomic mass is 10.2. The van der Waals surface area contributed by atoms with Crippen LogP contribution in [0.5, 0.6) is 11.5 Å². The number of hydrogen-bond acceptors (Lipinski definition) is 6. The average molecular weight is 326 g/mol. The molecule has 1 fully saturated rings. The standard InChI is InChI=1S/C18H22N4O2/c1-12-20-17(9-18(21-12)22-14-4-2-3-5-14)19-10-13-6-7-15-16(8-13)24-11-23-15/h6-9,14H,2-5,10-11H2,1H3,(H2,19,20,21,22). The second-order valence-electron chi connectivity index (χ2n) is 6.35. The van der Waals surface area contributed by atoms with E-state index in [-0.39, 0.29) is 0 Å². The summed E-state index contributed by atoms with van der Waals surface area (Å²) in [6, 6.07) is 8.50. The lowest BCUT2D eigenvalue weighted by molar-refractivity contribution is 0.174. The maximum absolute atomic E-state index is 5.42. The highest BCUT2D eigenvalue weighted by molar-refractivity contribution is 5.49. The minimum atomic E-state index is 0.299. The van der Waals surface area contributed by atoms with Crippen molar-refractivity contribution in [3.05, 3.63) is 35.7 Å². The number of benzene rings is 1. The van der Waals surface area contributed by atoms with Crippen LogP contribution in [0.25, 0.3) is 0 Å². The van der Waals surface area contributed by atoms with E-state index in [9.17, 15) is 0 Å². The average Bonchev–Trinajstić information content (AvgIpc) is 3.23. The van der Waals surface area contributed by atoms with E-state index in [0.717, 1.165) is 34.5 Å². The van der Waals surface area contributed by atoms with Crippen molar-refractivity contribution >= 4 is 11.6 Å². The molecule has 2 heterocycles. The summed E-state index contributed by atoms with van der Waals surface area (Å²) in [5.41, 5.74) is 1.13. The van der Waals surface area contributed by atoms with Gasteiger partial charge in [-0.05, 0) is 37.5 Å². The SMILES string of the molecule is Cc1nc(NCc2ccc3c(c2)OCO3)cc(NC2CCCC2)n1. The third kappa shape index (κ3) is 3.37. The molecule has 0 radical (unpaired) electrons. The second kappa shape index (κ2) is 6.55. The van der Waals surface area contributed by atoms with Gasteiger partial charge in [0.2, 0.25) is 6.79 Å². The summed E-state index contributed by atoms with van der Waals surface area (Å²) in [7, 11) is 0. The molecule has 0 unspecified atom stereocenters. The van der Waals surface area contributed by atoms with Crippen molar-refractivity contribution in [1.82, 2.24) is 9.97 Å². The Balaban J connectivity index is 1.43. The molecule has 1 aromatic heterocycles. The molecule has 2 aliphatic rings. The molecule has 6 heteroatoms. The van der Waals surface area contributed by atoms with E-state index < -0.39 is 0 Å². The highest BCUT2D eigenvalue weighted by atomic mass is 16.7. The Hall–Kier alpha value is -2.50. The van der Waals surface area contributed by atoms with Gasteiger partial charge >= 0.3 is 0 Å². The van der Waals surface area contributed by atoms with Crippen LogP contribution in [0.3, 0.4) is 0 Å². The molecule has 0 bridgehead atoms. The Kier molecular flexibility index (Phi) is 4.11. The highest BCUT2D eigenvalue weighted by Gasteiger charge is 2.16. The van der Waals surface area contributed by atoms with Gasteiger partial charge in [-0.3, -0.25) is 0 Å². The van der Waals surface area contributed by atoms with Crippen LogP contribution in [0, 0.1) is 6.92 Å². The smallest absolute Gasteiger partial charge is 0.231 e. The van der Waals surface area contributed by atoms with Crippen molar-refractivity contribution in [3.63, 3.8) is 0 Å². The van der Waals surface area contributed by atoms with Crippen molar-refractivity contribution in [2.24, 2.45) is 0 Å². The summed E-state index contributed by atoms with van der Waals surface area (Å²) in [6.07, 6.45) is 5.06. The largest absolute Gasteiger partial charge is 0.454 e. The van der Waals surface area contributed by atoms with Crippen molar-refractivity contribution in [2.45, 2.75) is 45.2 Å². The zero-order valence-electron chi connectivity index (χ0n) is 13.8. The normalized spacial score (nSPS) is 16.4. The fraction of sp³-hybridized carbons (Fsp3) is 0.444. The minimum absolute atomic E-state index is 0.299. The molecule has 126 valence electrons. The Bertz CT molecular complexity index is 729. The van der Waals surface area contributed by atoms with Gasteiger partial charge in [-0.1, -0.05) is 18.9 Å². The number of aryl methyl sites for hydroxylation is 1. The molecule has 0 saturated heterocycles. The van der Waals surface area contributed by atoms with Gasteiger partial charge in [0, 0.05) is 18.7 Å². The van der Waals surface area contributed by atoms with Crippen LogP contribution in [0.15, 0.2) is 24.3 Å². The first kappa shape index (κ1) is 15.1. The fourth-order valence-electron chi connectivity index (χ4n) is 3.26. The number of aromatic nitrogens is 2. The number of anilines is 2. The molecule has 2 N–H and O–H groups in total. The van der Waals surface area contributed by atoms with Crippen molar-refractivity contribution in [2.75, 3.05) is 17.4 Å². The van der Waals surface area contributed by atoms with Crippen LogP contribution in [-0.4, -0.2) is 22.8 Å². The molecule has 0 spiro atoms. The van der Waals surface area contributed by atoms with E-state index in [4.69, 9.17) is 9.47 Å². The molecular weight excluding hydrogens is 304 g/mol. The Morgan fingerprint density at radius 1 is 1.04 bits per heavy atom. The van der Waals surface area contributed by atoms with Crippen molar-refractivity contribution < 1.29 is 9.47 Å². The zero-order chi connectivity index (χ0) is 16.4. The molecule has 2 aromatic rings. The third-order valence-electron chi connectivity index (χ3n) is 4.46. The number of nitrogens with zero attached hydrogens (tertiary/aromatic N) is 2. The monoisotopic (exact) mass is 326 g/mol. The summed E-state index contributed by atoms with van der Waals surface area (Å²) in [4.78, 5) is 8.98. The van der Waals surface area contributed by atoms with Crippen molar-refractivity contribution in [1.29, 1.82) is 0 Å². The number of nitrogens with one attached hydrogen (secondary N) is 2. The number of rotatable bonds is 5. The van der Waals surface area contributed by atoms with Gasteiger partial charge in [0.1, 0.15) is 17.5 Å². The van der Waals surface area contributed by atoms with Crippen molar-refractivity contribution in [3.8, 4) is 11.5 Å². The van der Waals surface area contributed by atoms with E-state index in [0.29, 0.717) is 19.4 Å². The molecule has 4 rings (SSSR count). The van der Waals surface area contributed by atoms with E-state index >= 15 is 0 Å². The van der Waals surface area contributed by atoms with Crippen LogP contribution in [0.4, 0.5) is 11.6 Å². The summed E-state index contributed by atoms with van der Waals surface area (Å²) in [5.74, 6) is 4.12. The van der Waals surface area contributed by atoms with Crippen LogP contribution in [0.2, 0.25) is 0 Å². The molecule has 0 atom stereocenters. The predicted molar refractivity (Wildman–Crippen MR) is 92.5 cm³/mol. The molecule has 1 aromatic carbocycles. The van der Waals surface area contributed by atoms with E-state index in [1.165, 1.54) is 25.7 Å². The second-order valence-corrected chi connectivity index (χ2v) is 6.35. The molecule has 1 saturated carbocycles. The first-order valence-electron chi connectivity index (χ1n) is 8.51. The van der Waals surface area contributed by atoms with Gasteiger partial charge in [0.05, 0.1) is 0 Å². The molecular formula is C18H22N4O2.